The zero-order valence-corrected chi connectivity index (χ0v) is 20.1. The van der Waals surface area contributed by atoms with Gasteiger partial charge in [-0.15, -0.1) is 0 Å². The molecule has 36 heavy (non-hydrogen) atoms. The van der Waals surface area contributed by atoms with Gasteiger partial charge in [0.15, 0.2) is 6.61 Å². The second kappa shape index (κ2) is 9.63. The molecule has 1 fully saturated rings. The van der Waals surface area contributed by atoms with Crippen LogP contribution >= 0.6 is 23.1 Å². The van der Waals surface area contributed by atoms with Crippen LogP contribution in [0.5, 0.6) is 5.75 Å². The summed E-state index contributed by atoms with van der Waals surface area (Å²) >= 11 is 2.05. The van der Waals surface area contributed by atoms with Crippen molar-refractivity contribution in [2.45, 2.75) is 16.2 Å². The van der Waals surface area contributed by atoms with Crippen LogP contribution < -0.4 is 14.9 Å². The lowest BCUT2D eigenvalue weighted by Crippen LogP contribution is -2.36. The normalized spacial score (nSPS) is 20.6. The van der Waals surface area contributed by atoms with Crippen molar-refractivity contribution in [3.8, 4) is 5.75 Å². The molecule has 0 aliphatic carbocycles. The molecule has 0 spiro atoms. The number of likely N-dealkylation sites (tertiary alicyclic amines) is 1. The molecule has 0 radical (unpaired) electrons. The number of hydrogen-bond donors (Lipinski definition) is 3. The lowest BCUT2D eigenvalue weighted by molar-refractivity contribution is -0.149. The van der Waals surface area contributed by atoms with Gasteiger partial charge < -0.3 is 20.1 Å². The van der Waals surface area contributed by atoms with Gasteiger partial charge in [-0.2, -0.15) is 0 Å². The number of benzene rings is 2. The van der Waals surface area contributed by atoms with Crippen molar-refractivity contribution in [1.29, 1.82) is 0 Å². The molecular weight excluding hydrogens is 506 g/mol. The summed E-state index contributed by atoms with van der Waals surface area (Å²) in [6.07, 6.45) is 0. The molecule has 0 bridgehead atoms. The fourth-order valence-electron chi connectivity index (χ4n) is 4.36. The Bertz CT molecular complexity index is 1400. The number of nitrogens with zero attached hydrogens (tertiary/aromatic N) is 1. The van der Waals surface area contributed by atoms with E-state index in [4.69, 9.17) is 9.84 Å². The number of carboxylic acid groups (broad SMARTS) is 1. The molecule has 2 aliphatic rings. The van der Waals surface area contributed by atoms with Crippen LogP contribution in [0.2, 0.25) is 0 Å². The number of anilines is 1. The van der Waals surface area contributed by atoms with E-state index in [9.17, 15) is 24.0 Å². The first-order valence-corrected chi connectivity index (χ1v) is 12.6. The Morgan fingerprint density at radius 2 is 1.75 bits per heavy atom. The number of aromatic amines is 1. The summed E-state index contributed by atoms with van der Waals surface area (Å²) in [5.74, 6) is -3.79. The Hall–Kier alpha value is -3.90. The third-order valence-corrected chi connectivity index (χ3v) is 8.28. The predicted octanol–water partition coefficient (Wildman–Crippen LogP) is 2.13. The standard InChI is InChI=1S/C24H19N3O7S2/c28-15(25-13-4-2-1-3-5-13)11-34-14-8-6-12(7-9-14)17-18-20(35-21-19(17)36-24(33)26-21)23(32)27(22(18)31)10-16(29)30/h1-9,17-18,20H,10-11H2,(H,25,28)(H,26,33)(H,29,30)/t17-,18?,20?/m0/s1. The molecule has 10 nitrogen and oxygen atoms in total. The van der Waals surface area contributed by atoms with E-state index in [0.717, 1.165) is 28.0 Å². The SMILES string of the molecule is O=C(O)CN1C(=O)C2Sc3[nH]c(=O)sc3[C@@H](c3ccc(OCC(=O)Nc4ccccc4)cc3)C2C1=O. The number of fused-ring (bicyclic) bond motifs is 2. The van der Waals surface area contributed by atoms with Gasteiger partial charge in [-0.3, -0.25) is 28.9 Å². The lowest BCUT2D eigenvalue weighted by atomic mass is 9.83. The number of amides is 3. The van der Waals surface area contributed by atoms with E-state index >= 15 is 0 Å². The Labute approximate surface area is 212 Å². The van der Waals surface area contributed by atoms with Crippen LogP contribution in [-0.4, -0.2) is 57.1 Å². The van der Waals surface area contributed by atoms with Crippen LogP contribution in [0.3, 0.4) is 0 Å². The molecule has 3 aromatic rings. The van der Waals surface area contributed by atoms with Gasteiger partial charge in [-0.1, -0.05) is 53.4 Å². The van der Waals surface area contributed by atoms with Crippen LogP contribution in [0.1, 0.15) is 16.4 Å². The van der Waals surface area contributed by atoms with Crippen LogP contribution in [0.15, 0.2) is 64.4 Å². The summed E-state index contributed by atoms with van der Waals surface area (Å²) in [7, 11) is 0. The van der Waals surface area contributed by atoms with Crippen LogP contribution in [0.4, 0.5) is 5.69 Å². The van der Waals surface area contributed by atoms with E-state index in [2.05, 4.69) is 10.3 Å². The van der Waals surface area contributed by atoms with Crippen molar-refractivity contribution in [3.05, 3.63) is 74.7 Å². The number of aliphatic carboxylic acids is 1. The Kier molecular flexibility index (Phi) is 6.37. The number of carbonyl (C=O) groups is 4. The zero-order chi connectivity index (χ0) is 25.4. The number of H-pyrrole nitrogens is 1. The van der Waals surface area contributed by atoms with E-state index in [1.807, 2.05) is 6.07 Å². The highest BCUT2D eigenvalue weighted by atomic mass is 32.2. The third-order valence-electron chi connectivity index (χ3n) is 5.88. The van der Waals surface area contributed by atoms with E-state index in [-0.39, 0.29) is 17.4 Å². The molecule has 1 saturated heterocycles. The number of thioether (sulfide) groups is 1. The molecule has 0 saturated carbocycles. The van der Waals surface area contributed by atoms with Gasteiger partial charge >= 0.3 is 10.8 Å². The molecule has 1 aromatic heterocycles. The summed E-state index contributed by atoms with van der Waals surface area (Å²) in [5, 5.41) is 11.6. The first kappa shape index (κ1) is 23.8. The van der Waals surface area contributed by atoms with E-state index in [1.54, 1.807) is 48.5 Å². The number of para-hydroxylation sites is 1. The molecule has 2 aromatic carbocycles. The number of rotatable bonds is 7. The van der Waals surface area contributed by atoms with Gasteiger partial charge in [0.25, 0.3) is 5.91 Å². The first-order chi connectivity index (χ1) is 17.3. The minimum Gasteiger partial charge on any atom is -0.484 e. The van der Waals surface area contributed by atoms with E-state index < -0.39 is 41.4 Å². The lowest BCUT2D eigenvalue weighted by Gasteiger charge is -2.29. The minimum absolute atomic E-state index is 0.209. The van der Waals surface area contributed by atoms with Crippen molar-refractivity contribution in [2.75, 3.05) is 18.5 Å². The number of imide groups is 1. The molecule has 12 heteroatoms. The smallest absolute Gasteiger partial charge is 0.323 e. The highest BCUT2D eigenvalue weighted by Crippen LogP contribution is 2.52. The summed E-state index contributed by atoms with van der Waals surface area (Å²) in [4.78, 5) is 65.3. The molecule has 3 atom stereocenters. The van der Waals surface area contributed by atoms with Crippen molar-refractivity contribution in [1.82, 2.24) is 9.88 Å². The number of hydrogen-bond acceptors (Lipinski definition) is 8. The van der Waals surface area contributed by atoms with Gasteiger partial charge in [0, 0.05) is 16.5 Å². The molecule has 3 amide bonds. The van der Waals surface area contributed by atoms with Crippen LogP contribution in [0.25, 0.3) is 0 Å². The fourth-order valence-corrected chi connectivity index (χ4v) is 6.90. The van der Waals surface area contributed by atoms with E-state index in [0.29, 0.717) is 26.9 Å². The second-order valence-electron chi connectivity index (χ2n) is 8.18. The number of carboxylic acids is 1. The maximum absolute atomic E-state index is 13.2. The van der Waals surface area contributed by atoms with Crippen molar-refractivity contribution < 1.29 is 29.0 Å². The van der Waals surface area contributed by atoms with Gasteiger partial charge in [0.05, 0.1) is 10.9 Å². The van der Waals surface area contributed by atoms with Crippen LogP contribution in [0, 0.1) is 5.92 Å². The van der Waals surface area contributed by atoms with E-state index in [1.165, 1.54) is 0 Å². The highest BCUT2D eigenvalue weighted by molar-refractivity contribution is 8.00. The number of thiazole rings is 1. The number of aromatic nitrogens is 1. The molecule has 3 heterocycles. The molecule has 2 unspecified atom stereocenters. The van der Waals surface area contributed by atoms with Gasteiger partial charge in [0.2, 0.25) is 11.8 Å². The summed E-state index contributed by atoms with van der Waals surface area (Å²) in [6.45, 7) is -0.917. The fraction of sp³-hybridized carbons (Fsp3) is 0.208. The van der Waals surface area contributed by atoms with Crippen LogP contribution in [-0.2, 0) is 19.2 Å². The quantitative estimate of drug-likeness (QED) is 0.398. The van der Waals surface area contributed by atoms with Crippen molar-refractivity contribution in [3.63, 3.8) is 0 Å². The predicted molar refractivity (Wildman–Crippen MR) is 131 cm³/mol. The zero-order valence-electron chi connectivity index (χ0n) is 18.5. The van der Waals surface area contributed by atoms with Gasteiger partial charge in [-0.25, -0.2) is 0 Å². The maximum Gasteiger partial charge on any atom is 0.323 e. The molecule has 184 valence electrons. The topological polar surface area (TPSA) is 146 Å². The average Bonchev–Trinajstić information content (AvgIpc) is 3.34. The second-order valence-corrected chi connectivity index (χ2v) is 10.3. The van der Waals surface area contributed by atoms with Crippen molar-refractivity contribution >= 4 is 52.5 Å². The first-order valence-electron chi connectivity index (χ1n) is 10.9. The Balaban J connectivity index is 1.37. The van der Waals surface area contributed by atoms with Crippen molar-refractivity contribution in [2.24, 2.45) is 5.92 Å². The largest absolute Gasteiger partial charge is 0.484 e. The third kappa shape index (κ3) is 4.52. The maximum atomic E-state index is 13.2. The molecule has 5 rings (SSSR count). The average molecular weight is 526 g/mol. The number of carbonyl (C=O) groups excluding carboxylic acids is 3. The molecule has 3 N–H and O–H groups in total. The van der Waals surface area contributed by atoms with Gasteiger partial charge in [-0.05, 0) is 29.8 Å². The summed E-state index contributed by atoms with van der Waals surface area (Å²) in [5.41, 5.74) is 1.32. The Morgan fingerprint density at radius 1 is 1.03 bits per heavy atom. The molecule has 2 aliphatic heterocycles. The number of ether oxygens (including phenoxy) is 1. The summed E-state index contributed by atoms with van der Waals surface area (Å²) in [6, 6.07) is 15.7. The number of nitrogens with one attached hydrogen (secondary N) is 2. The molecular formula is C24H19N3O7S2. The minimum atomic E-state index is -1.28. The Morgan fingerprint density at radius 3 is 2.44 bits per heavy atom. The summed E-state index contributed by atoms with van der Waals surface area (Å²) < 4.78 is 5.58. The van der Waals surface area contributed by atoms with Gasteiger partial charge in [0.1, 0.15) is 17.5 Å². The monoisotopic (exact) mass is 525 g/mol. The highest BCUT2D eigenvalue weighted by Gasteiger charge is 2.56.